The number of amides is 1. The summed E-state index contributed by atoms with van der Waals surface area (Å²) in [6, 6.07) is 25.9. The standard InChI is InChI=1S/C27H24ClN3O4S/c1-20-7-5-6-10-26(20)27(32)30-29-17-23-13-14-24(35-23)19-31(18-21-8-3-2-4-9-21)36(33,34)25-15-11-22(28)12-16-25/h2-17H,18-19H2,1H3,(H,30,32)/b29-17-. The summed E-state index contributed by atoms with van der Waals surface area (Å²) in [7, 11) is -3.84. The van der Waals surface area contributed by atoms with Crippen LogP contribution in [0.15, 0.2) is 105 Å². The Morgan fingerprint density at radius 2 is 1.64 bits per heavy atom. The van der Waals surface area contributed by atoms with Crippen molar-refractivity contribution in [1.29, 1.82) is 0 Å². The van der Waals surface area contributed by atoms with Gasteiger partial charge in [-0.3, -0.25) is 4.79 Å². The van der Waals surface area contributed by atoms with E-state index in [1.807, 2.05) is 49.4 Å². The highest BCUT2D eigenvalue weighted by molar-refractivity contribution is 7.89. The lowest BCUT2D eigenvalue weighted by Gasteiger charge is -2.21. The number of hydrogen-bond donors (Lipinski definition) is 1. The van der Waals surface area contributed by atoms with Gasteiger partial charge in [-0.05, 0) is 60.5 Å². The molecule has 36 heavy (non-hydrogen) atoms. The number of sulfonamides is 1. The zero-order valence-corrected chi connectivity index (χ0v) is 21.0. The minimum absolute atomic E-state index is 0.00324. The van der Waals surface area contributed by atoms with Gasteiger partial charge in [0.25, 0.3) is 5.91 Å². The van der Waals surface area contributed by atoms with Gasteiger partial charge in [0.2, 0.25) is 10.0 Å². The van der Waals surface area contributed by atoms with Crippen LogP contribution in [0.5, 0.6) is 0 Å². The molecular weight excluding hydrogens is 498 g/mol. The van der Waals surface area contributed by atoms with Crippen molar-refractivity contribution in [3.63, 3.8) is 0 Å². The number of furan rings is 1. The smallest absolute Gasteiger partial charge is 0.271 e. The van der Waals surface area contributed by atoms with Gasteiger partial charge in [0, 0.05) is 17.1 Å². The Morgan fingerprint density at radius 1 is 0.944 bits per heavy atom. The Morgan fingerprint density at radius 3 is 2.36 bits per heavy atom. The van der Waals surface area contributed by atoms with E-state index in [2.05, 4.69) is 10.5 Å². The quantitative estimate of drug-likeness (QED) is 0.236. The van der Waals surface area contributed by atoms with Crippen LogP contribution in [0.1, 0.15) is 33.0 Å². The molecule has 4 aromatic rings. The van der Waals surface area contributed by atoms with Crippen LogP contribution >= 0.6 is 11.6 Å². The van der Waals surface area contributed by atoms with Gasteiger partial charge in [0.15, 0.2) is 0 Å². The van der Waals surface area contributed by atoms with Crippen molar-refractivity contribution in [3.05, 3.63) is 124 Å². The van der Waals surface area contributed by atoms with Crippen molar-refractivity contribution >= 4 is 33.7 Å². The number of nitrogens with one attached hydrogen (secondary N) is 1. The Labute approximate surface area is 215 Å². The lowest BCUT2D eigenvalue weighted by Crippen LogP contribution is -2.30. The highest BCUT2D eigenvalue weighted by atomic mass is 35.5. The summed E-state index contributed by atoms with van der Waals surface area (Å²) >= 11 is 5.95. The monoisotopic (exact) mass is 521 g/mol. The van der Waals surface area contributed by atoms with Gasteiger partial charge in [-0.25, -0.2) is 13.8 Å². The number of halogens is 1. The van der Waals surface area contributed by atoms with Crippen LogP contribution < -0.4 is 5.43 Å². The molecule has 0 aliphatic heterocycles. The van der Waals surface area contributed by atoms with Crippen LogP contribution in [0.2, 0.25) is 5.02 Å². The first-order chi connectivity index (χ1) is 17.3. The second-order valence-electron chi connectivity index (χ2n) is 8.03. The van der Waals surface area contributed by atoms with E-state index in [-0.39, 0.29) is 23.9 Å². The van der Waals surface area contributed by atoms with E-state index >= 15 is 0 Å². The van der Waals surface area contributed by atoms with Crippen LogP contribution in [0.3, 0.4) is 0 Å². The Bertz CT molecular complexity index is 1470. The van der Waals surface area contributed by atoms with Crippen LogP contribution in [-0.2, 0) is 23.1 Å². The summed E-state index contributed by atoms with van der Waals surface area (Å²) < 4.78 is 34.0. The van der Waals surface area contributed by atoms with Crippen LogP contribution in [0.4, 0.5) is 0 Å². The van der Waals surface area contributed by atoms with Crippen LogP contribution in [0, 0.1) is 6.92 Å². The van der Waals surface area contributed by atoms with Crippen molar-refractivity contribution in [1.82, 2.24) is 9.73 Å². The molecule has 0 saturated heterocycles. The third-order valence-corrected chi connectivity index (χ3v) is 7.47. The molecule has 3 aromatic carbocycles. The van der Waals surface area contributed by atoms with Crippen molar-refractivity contribution in [3.8, 4) is 0 Å². The molecule has 4 rings (SSSR count). The summed E-state index contributed by atoms with van der Waals surface area (Å²) in [5.74, 6) is 0.466. The van der Waals surface area contributed by atoms with Crippen LogP contribution in [-0.4, -0.2) is 24.8 Å². The molecule has 1 N–H and O–H groups in total. The maximum atomic E-state index is 13.4. The Balaban J connectivity index is 1.50. The number of carbonyl (C=O) groups excluding carboxylic acids is 1. The van der Waals surface area contributed by atoms with Gasteiger partial charge < -0.3 is 4.42 Å². The largest absolute Gasteiger partial charge is 0.459 e. The van der Waals surface area contributed by atoms with Gasteiger partial charge in [-0.15, -0.1) is 0 Å². The van der Waals surface area contributed by atoms with E-state index in [0.29, 0.717) is 22.1 Å². The summed E-state index contributed by atoms with van der Waals surface area (Å²) in [6.45, 7) is 2.00. The number of rotatable bonds is 9. The van der Waals surface area contributed by atoms with Crippen molar-refractivity contribution < 1.29 is 17.6 Å². The zero-order valence-electron chi connectivity index (χ0n) is 19.5. The first kappa shape index (κ1) is 25.4. The summed E-state index contributed by atoms with van der Waals surface area (Å²) in [5.41, 5.74) is 4.68. The summed E-state index contributed by atoms with van der Waals surface area (Å²) in [5, 5.41) is 4.41. The van der Waals surface area contributed by atoms with Crippen LogP contribution in [0.25, 0.3) is 0 Å². The van der Waals surface area contributed by atoms with Gasteiger partial charge in [0.05, 0.1) is 17.7 Å². The second-order valence-corrected chi connectivity index (χ2v) is 10.4. The number of hydrazone groups is 1. The molecule has 0 unspecified atom stereocenters. The molecule has 1 aromatic heterocycles. The van der Waals surface area contributed by atoms with Gasteiger partial charge in [0.1, 0.15) is 11.5 Å². The fourth-order valence-corrected chi connectivity index (χ4v) is 5.05. The maximum absolute atomic E-state index is 13.4. The number of hydrogen-bond acceptors (Lipinski definition) is 5. The van der Waals surface area contributed by atoms with E-state index in [0.717, 1.165) is 11.1 Å². The molecule has 0 spiro atoms. The minimum atomic E-state index is -3.84. The lowest BCUT2D eigenvalue weighted by atomic mass is 10.1. The molecule has 0 aliphatic rings. The fraction of sp³-hybridized carbons (Fsp3) is 0.111. The molecule has 0 fully saturated rings. The third kappa shape index (κ3) is 6.28. The SMILES string of the molecule is Cc1ccccc1C(=O)N/N=C\c1ccc(CN(Cc2ccccc2)S(=O)(=O)c2ccc(Cl)cc2)o1. The molecule has 7 nitrogen and oxygen atoms in total. The summed E-state index contributed by atoms with van der Waals surface area (Å²) in [6.07, 6.45) is 1.37. The number of aryl methyl sites for hydroxylation is 1. The molecule has 0 saturated carbocycles. The highest BCUT2D eigenvalue weighted by Gasteiger charge is 2.26. The number of benzene rings is 3. The molecule has 184 valence electrons. The minimum Gasteiger partial charge on any atom is -0.459 e. The van der Waals surface area contributed by atoms with Gasteiger partial charge in [-0.2, -0.15) is 9.41 Å². The third-order valence-electron chi connectivity index (χ3n) is 5.42. The highest BCUT2D eigenvalue weighted by Crippen LogP contribution is 2.23. The van der Waals surface area contributed by atoms with E-state index in [1.165, 1.54) is 22.7 Å². The molecule has 0 atom stereocenters. The van der Waals surface area contributed by atoms with E-state index in [1.54, 1.807) is 36.4 Å². The number of carbonyl (C=O) groups is 1. The van der Waals surface area contributed by atoms with Gasteiger partial charge >= 0.3 is 0 Å². The molecule has 1 amide bonds. The average molecular weight is 522 g/mol. The fourth-order valence-electron chi connectivity index (χ4n) is 3.53. The molecular formula is C27H24ClN3O4S. The first-order valence-corrected chi connectivity index (χ1v) is 12.9. The first-order valence-electron chi connectivity index (χ1n) is 11.1. The zero-order chi connectivity index (χ0) is 25.5. The molecule has 1 heterocycles. The topological polar surface area (TPSA) is 92.0 Å². The number of nitrogens with zero attached hydrogens (tertiary/aromatic N) is 2. The predicted octanol–water partition coefficient (Wildman–Crippen LogP) is 5.40. The molecule has 0 radical (unpaired) electrons. The van der Waals surface area contributed by atoms with Crippen molar-refractivity contribution in [2.24, 2.45) is 5.10 Å². The molecule has 0 aliphatic carbocycles. The Kier molecular flexibility index (Phi) is 8.00. The predicted molar refractivity (Wildman–Crippen MR) is 139 cm³/mol. The van der Waals surface area contributed by atoms with E-state index < -0.39 is 10.0 Å². The normalized spacial score (nSPS) is 11.8. The van der Waals surface area contributed by atoms with Crippen molar-refractivity contribution in [2.45, 2.75) is 24.9 Å². The van der Waals surface area contributed by atoms with E-state index in [9.17, 15) is 13.2 Å². The Hall–Kier alpha value is -3.72. The second kappa shape index (κ2) is 11.3. The summed E-state index contributed by atoms with van der Waals surface area (Å²) in [4.78, 5) is 12.4. The molecule has 0 bridgehead atoms. The van der Waals surface area contributed by atoms with Gasteiger partial charge in [-0.1, -0.05) is 60.1 Å². The van der Waals surface area contributed by atoms with Crippen molar-refractivity contribution in [2.75, 3.05) is 0 Å². The average Bonchev–Trinajstić information content (AvgIpc) is 3.32. The molecule has 9 heteroatoms. The maximum Gasteiger partial charge on any atom is 0.271 e. The van der Waals surface area contributed by atoms with E-state index in [4.69, 9.17) is 16.0 Å². The lowest BCUT2D eigenvalue weighted by molar-refractivity contribution is 0.0954.